The topological polar surface area (TPSA) is 43.4 Å². The Hall–Kier alpha value is -1.63. The summed E-state index contributed by atoms with van der Waals surface area (Å²) in [4.78, 5) is 25.5. The lowest BCUT2D eigenvalue weighted by molar-refractivity contribution is -0.145. The van der Waals surface area contributed by atoms with Gasteiger partial charge in [-0.2, -0.15) is 13.2 Å². The van der Waals surface area contributed by atoms with Gasteiger partial charge in [0.25, 0.3) is 0 Å². The summed E-state index contributed by atoms with van der Waals surface area (Å²) in [5.74, 6) is -1.07. The maximum Gasteiger partial charge on any atom is 0.416 e. The van der Waals surface area contributed by atoms with Gasteiger partial charge in [-0.15, -0.1) is 0 Å². The highest BCUT2D eigenvalue weighted by atomic mass is 28.3. The van der Waals surface area contributed by atoms with Gasteiger partial charge in [-0.25, -0.2) is 0 Å². The van der Waals surface area contributed by atoms with E-state index in [9.17, 15) is 22.8 Å². The molecule has 27 heavy (non-hydrogen) atoms. The van der Waals surface area contributed by atoms with Gasteiger partial charge in [0.2, 0.25) is 0 Å². The number of carbonyl (C=O) groups is 2. The maximum atomic E-state index is 12.9. The standard InChI is InChI=1S/C20H27F3O3Si/c1-5-26-19(25)18(27(2,3)4)15-7-6-8-16(24)17(15)13-9-11-14(12-10-13)20(21,22)23/h9-12,15,17-18H,5-8H2,1-4H3/t15-,17+,18?/m1/s1. The molecular weight excluding hydrogens is 373 g/mol. The zero-order valence-electron chi connectivity index (χ0n) is 16.2. The first-order valence-corrected chi connectivity index (χ1v) is 12.9. The number of hydrogen-bond acceptors (Lipinski definition) is 3. The summed E-state index contributed by atoms with van der Waals surface area (Å²) in [5.41, 5.74) is -0.544. The maximum absolute atomic E-state index is 12.9. The molecular formula is C20H27F3O3Si. The fourth-order valence-electron chi connectivity index (χ4n) is 4.15. The molecule has 1 fully saturated rings. The van der Waals surface area contributed by atoms with Gasteiger partial charge in [-0.1, -0.05) is 31.8 Å². The van der Waals surface area contributed by atoms with Gasteiger partial charge in [-0.3, -0.25) is 9.59 Å². The molecule has 1 aromatic rings. The van der Waals surface area contributed by atoms with E-state index >= 15 is 0 Å². The molecule has 1 aromatic carbocycles. The Balaban J connectivity index is 2.44. The molecule has 0 heterocycles. The van der Waals surface area contributed by atoms with E-state index < -0.39 is 25.7 Å². The Kier molecular flexibility index (Phi) is 6.55. The van der Waals surface area contributed by atoms with Crippen molar-refractivity contribution < 1.29 is 27.5 Å². The summed E-state index contributed by atoms with van der Waals surface area (Å²) < 4.78 is 43.9. The molecule has 0 spiro atoms. The van der Waals surface area contributed by atoms with E-state index in [0.29, 0.717) is 24.8 Å². The molecule has 0 amide bonds. The quantitative estimate of drug-likeness (QED) is 0.489. The molecule has 1 unspecified atom stereocenters. The second-order valence-electron chi connectivity index (χ2n) is 8.22. The van der Waals surface area contributed by atoms with Crippen molar-refractivity contribution in [1.82, 2.24) is 0 Å². The minimum absolute atomic E-state index is 0.00134. The number of alkyl halides is 3. The zero-order valence-corrected chi connectivity index (χ0v) is 17.2. The molecule has 0 saturated heterocycles. The third kappa shape index (κ3) is 5.00. The number of Topliss-reactive ketones (excluding diaryl/α,β-unsaturated/α-hetero) is 1. The van der Waals surface area contributed by atoms with Crippen LogP contribution in [0, 0.1) is 5.92 Å². The van der Waals surface area contributed by atoms with Crippen molar-refractivity contribution in [2.45, 2.75) is 63.5 Å². The van der Waals surface area contributed by atoms with E-state index in [-0.39, 0.29) is 29.8 Å². The van der Waals surface area contributed by atoms with Crippen LogP contribution in [0.15, 0.2) is 24.3 Å². The second kappa shape index (κ2) is 8.16. The molecule has 0 radical (unpaired) electrons. The minimum Gasteiger partial charge on any atom is -0.466 e. The number of benzene rings is 1. The molecule has 0 bridgehead atoms. The molecule has 7 heteroatoms. The van der Waals surface area contributed by atoms with Crippen LogP contribution < -0.4 is 0 Å². The molecule has 0 N–H and O–H groups in total. The number of hydrogen-bond donors (Lipinski definition) is 0. The average Bonchev–Trinajstić information content (AvgIpc) is 2.53. The number of rotatable bonds is 5. The molecule has 0 aromatic heterocycles. The largest absolute Gasteiger partial charge is 0.466 e. The Morgan fingerprint density at radius 2 is 1.81 bits per heavy atom. The van der Waals surface area contributed by atoms with Crippen molar-refractivity contribution in [2.75, 3.05) is 6.61 Å². The molecule has 150 valence electrons. The minimum atomic E-state index is -4.42. The van der Waals surface area contributed by atoms with Crippen LogP contribution in [-0.2, 0) is 20.5 Å². The average molecular weight is 401 g/mol. The normalized spacial score (nSPS) is 22.4. The van der Waals surface area contributed by atoms with Crippen LogP contribution in [0.25, 0.3) is 0 Å². The van der Waals surface area contributed by atoms with Gasteiger partial charge in [0.05, 0.1) is 25.8 Å². The monoisotopic (exact) mass is 400 g/mol. The van der Waals surface area contributed by atoms with E-state index in [1.165, 1.54) is 12.1 Å². The van der Waals surface area contributed by atoms with Gasteiger partial charge in [0, 0.05) is 12.3 Å². The van der Waals surface area contributed by atoms with Crippen molar-refractivity contribution in [3.05, 3.63) is 35.4 Å². The van der Waals surface area contributed by atoms with Crippen LogP contribution in [0.5, 0.6) is 0 Å². The molecule has 1 aliphatic carbocycles. The molecule has 1 saturated carbocycles. The fourth-order valence-corrected chi connectivity index (χ4v) is 6.58. The summed E-state index contributed by atoms with van der Waals surface area (Å²) in [7, 11) is -2.03. The van der Waals surface area contributed by atoms with Crippen molar-refractivity contribution in [1.29, 1.82) is 0 Å². The number of ketones is 1. The summed E-state index contributed by atoms with van der Waals surface area (Å²) in [5, 5.41) is 0. The fraction of sp³-hybridized carbons (Fsp3) is 0.600. The van der Waals surface area contributed by atoms with Gasteiger partial charge < -0.3 is 4.74 Å². The highest BCUT2D eigenvalue weighted by molar-refractivity contribution is 6.80. The molecule has 3 nitrogen and oxygen atoms in total. The van der Waals surface area contributed by atoms with E-state index in [1.54, 1.807) is 6.92 Å². The predicted octanol–water partition coefficient (Wildman–Crippen LogP) is 5.43. The third-order valence-electron chi connectivity index (χ3n) is 5.23. The number of carbonyl (C=O) groups excluding carboxylic acids is 2. The van der Waals surface area contributed by atoms with E-state index in [0.717, 1.165) is 12.1 Å². The number of esters is 1. The Morgan fingerprint density at radius 3 is 2.30 bits per heavy atom. The molecule has 0 aliphatic heterocycles. The lowest BCUT2D eigenvalue weighted by atomic mass is 9.72. The second-order valence-corrected chi connectivity index (χ2v) is 13.6. The molecule has 1 aliphatic rings. The zero-order chi connectivity index (χ0) is 20.4. The van der Waals surface area contributed by atoms with Crippen molar-refractivity contribution in [2.24, 2.45) is 5.92 Å². The summed E-state index contributed by atoms with van der Waals surface area (Å²) in [6.45, 7) is 8.22. The van der Waals surface area contributed by atoms with Gasteiger partial charge in [-0.05, 0) is 43.4 Å². The first-order chi connectivity index (χ1) is 12.5. The van der Waals surface area contributed by atoms with Crippen LogP contribution in [0.1, 0.15) is 43.2 Å². The summed E-state index contributed by atoms with van der Waals surface area (Å²) in [6, 6.07) is 4.80. The van der Waals surface area contributed by atoms with Crippen molar-refractivity contribution >= 4 is 19.8 Å². The lowest BCUT2D eigenvalue weighted by Gasteiger charge is -2.40. The molecule has 3 atom stereocenters. The van der Waals surface area contributed by atoms with Crippen molar-refractivity contribution in [3.63, 3.8) is 0 Å². The third-order valence-corrected chi connectivity index (χ3v) is 7.76. The lowest BCUT2D eigenvalue weighted by Crippen LogP contribution is -2.44. The van der Waals surface area contributed by atoms with Gasteiger partial charge in [0.15, 0.2) is 0 Å². The smallest absolute Gasteiger partial charge is 0.416 e. The van der Waals surface area contributed by atoms with Crippen LogP contribution >= 0.6 is 0 Å². The Labute approximate surface area is 159 Å². The van der Waals surface area contributed by atoms with Crippen LogP contribution in [-0.4, -0.2) is 26.4 Å². The first-order valence-electron chi connectivity index (χ1n) is 9.33. The highest BCUT2D eigenvalue weighted by Crippen LogP contribution is 2.47. The Morgan fingerprint density at radius 1 is 1.22 bits per heavy atom. The van der Waals surface area contributed by atoms with E-state index in [1.807, 2.05) is 0 Å². The summed E-state index contributed by atoms with van der Waals surface area (Å²) >= 11 is 0. The van der Waals surface area contributed by atoms with E-state index in [2.05, 4.69) is 19.6 Å². The van der Waals surface area contributed by atoms with E-state index in [4.69, 9.17) is 4.74 Å². The van der Waals surface area contributed by atoms with Crippen LogP contribution in [0.2, 0.25) is 25.2 Å². The van der Waals surface area contributed by atoms with Gasteiger partial charge in [0.1, 0.15) is 5.78 Å². The van der Waals surface area contributed by atoms with Crippen molar-refractivity contribution in [3.8, 4) is 0 Å². The highest BCUT2D eigenvalue weighted by Gasteiger charge is 2.47. The van der Waals surface area contributed by atoms with Crippen LogP contribution in [0.4, 0.5) is 13.2 Å². The van der Waals surface area contributed by atoms with Crippen LogP contribution in [0.3, 0.4) is 0 Å². The molecule has 2 rings (SSSR count). The summed E-state index contributed by atoms with van der Waals surface area (Å²) in [6.07, 6.45) is -2.63. The first kappa shape index (κ1) is 21.7. The predicted molar refractivity (Wildman–Crippen MR) is 100 cm³/mol. The SMILES string of the molecule is CCOC(=O)C([C@@H]1CCCC(=O)[C@H]1c1ccc(C(F)(F)F)cc1)[Si](C)(C)C. The number of ether oxygens (including phenoxy) is 1. The Bertz CT molecular complexity index is 677. The van der Waals surface area contributed by atoms with Gasteiger partial charge >= 0.3 is 12.1 Å². The number of halogens is 3.